The molecule has 15 heteroatoms. The van der Waals surface area contributed by atoms with E-state index in [-0.39, 0.29) is 19.8 Å². The van der Waals surface area contributed by atoms with E-state index in [1.165, 1.54) is 39.6 Å². The van der Waals surface area contributed by atoms with Gasteiger partial charge in [0.15, 0.2) is 24.8 Å². The molecule has 6 rings (SSSR count). The van der Waals surface area contributed by atoms with Crippen LogP contribution in [-0.4, -0.2) is 104 Å². The van der Waals surface area contributed by atoms with Crippen molar-refractivity contribution in [3.05, 3.63) is 71.8 Å². The summed E-state index contributed by atoms with van der Waals surface area (Å²) in [6, 6.07) is 19.2. The predicted molar refractivity (Wildman–Crippen MR) is 173 cm³/mol. The molecule has 0 N–H and O–H groups in total. The molecule has 0 amide bonds. The molecule has 0 saturated carbocycles. The minimum absolute atomic E-state index is 0.136. The number of hydrogen-bond acceptors (Lipinski definition) is 15. The van der Waals surface area contributed by atoms with Gasteiger partial charge in [-0.1, -0.05) is 60.7 Å². The van der Waals surface area contributed by atoms with Crippen LogP contribution in [0.2, 0.25) is 0 Å². The SMILES string of the molecule is CO[C@H]1O[C@@H]2CO[C@@H](c3ccccc3)O[C@H]2[C@H](OCc2ccccc2)[C@H]1OC1(C)O[C@@H]2[C@@H](OC(C)=O)[C@H](OC(C)=O)[C@@H](COC(C)=O)S[C@@H]2O1. The van der Waals surface area contributed by atoms with Crippen molar-refractivity contribution in [2.75, 3.05) is 20.3 Å². The van der Waals surface area contributed by atoms with Crippen LogP contribution in [0.25, 0.3) is 0 Å². The molecule has 2 aromatic rings. The number of fused-ring (bicyclic) bond motifs is 2. The first-order chi connectivity index (χ1) is 24.0. The van der Waals surface area contributed by atoms with Crippen LogP contribution < -0.4 is 0 Å². The van der Waals surface area contributed by atoms with Gasteiger partial charge in [-0.15, -0.1) is 11.8 Å². The van der Waals surface area contributed by atoms with Crippen molar-refractivity contribution < 1.29 is 66.5 Å². The minimum atomic E-state index is -1.77. The molecule has 4 aliphatic rings. The summed E-state index contributed by atoms with van der Waals surface area (Å²) in [6.45, 7) is 5.61. The van der Waals surface area contributed by atoms with Gasteiger partial charge in [0, 0.05) is 40.4 Å². The summed E-state index contributed by atoms with van der Waals surface area (Å²) >= 11 is 1.21. The van der Waals surface area contributed by atoms with Crippen molar-refractivity contribution in [2.24, 2.45) is 0 Å². The van der Waals surface area contributed by atoms with Gasteiger partial charge >= 0.3 is 17.9 Å². The number of benzene rings is 2. The Morgan fingerprint density at radius 1 is 0.820 bits per heavy atom. The zero-order valence-corrected chi connectivity index (χ0v) is 29.2. The molecule has 1 unspecified atom stereocenters. The van der Waals surface area contributed by atoms with E-state index in [0.29, 0.717) is 0 Å². The molecule has 4 fully saturated rings. The smallest absolute Gasteiger partial charge is 0.303 e. The molecule has 0 aliphatic carbocycles. The van der Waals surface area contributed by atoms with Crippen LogP contribution in [0, 0.1) is 0 Å². The molecule has 4 heterocycles. The van der Waals surface area contributed by atoms with Gasteiger partial charge in [0.1, 0.15) is 42.6 Å². The largest absolute Gasteiger partial charge is 0.465 e. The summed E-state index contributed by atoms with van der Waals surface area (Å²) in [7, 11) is 1.49. The summed E-state index contributed by atoms with van der Waals surface area (Å²) in [5, 5.41) is -0.655. The number of thioether (sulfide) groups is 1. The number of methoxy groups -OCH3 is 1. The lowest BCUT2D eigenvalue weighted by atomic mass is 9.97. The Morgan fingerprint density at radius 2 is 1.50 bits per heavy atom. The van der Waals surface area contributed by atoms with Crippen LogP contribution >= 0.6 is 11.8 Å². The normalized spacial score (nSPS) is 36.5. The van der Waals surface area contributed by atoms with Gasteiger partial charge in [-0.2, -0.15) is 0 Å². The quantitative estimate of drug-likeness (QED) is 0.246. The van der Waals surface area contributed by atoms with Crippen LogP contribution in [0.5, 0.6) is 0 Å². The average Bonchev–Trinajstić information content (AvgIpc) is 3.43. The fourth-order valence-corrected chi connectivity index (χ4v) is 7.93. The lowest BCUT2D eigenvalue weighted by Gasteiger charge is -2.49. The number of ether oxygens (including phenoxy) is 11. The molecular formula is C35H42O14S. The van der Waals surface area contributed by atoms with Crippen LogP contribution in [0.4, 0.5) is 0 Å². The van der Waals surface area contributed by atoms with E-state index in [9.17, 15) is 14.4 Å². The highest BCUT2D eigenvalue weighted by atomic mass is 32.2. The second-order valence-electron chi connectivity index (χ2n) is 12.4. The van der Waals surface area contributed by atoms with E-state index in [4.69, 9.17) is 52.1 Å². The van der Waals surface area contributed by atoms with Crippen molar-refractivity contribution in [1.29, 1.82) is 0 Å². The summed E-state index contributed by atoms with van der Waals surface area (Å²) < 4.78 is 67.3. The molecule has 4 saturated heterocycles. The number of rotatable bonds is 11. The molecule has 272 valence electrons. The number of hydrogen-bond donors (Lipinski definition) is 0. The second-order valence-corrected chi connectivity index (χ2v) is 13.7. The molecule has 2 aromatic carbocycles. The highest BCUT2D eigenvalue weighted by Gasteiger charge is 2.61. The standard InChI is InChI=1S/C35H42O14S/c1-19(36)40-18-25-27(43-20(2)37)29(44-21(3)38)31-34(50-25)49-35(4,48-31)47-30-28(41-16-22-12-8-6-9-13-22)26-24(45-33(30)39-5)17-42-32(46-26)23-14-10-7-11-15-23/h6-15,24-34H,16-18H2,1-5H3/t24-,25-,26-,27-,28+,29+,30-,31-,32-,33+,34+,35?/m1/s1. The summed E-state index contributed by atoms with van der Waals surface area (Å²) in [5.74, 6) is -3.54. The molecule has 4 aliphatic heterocycles. The van der Waals surface area contributed by atoms with Crippen molar-refractivity contribution >= 4 is 29.7 Å². The average molecular weight is 719 g/mol. The summed E-state index contributed by atoms with van der Waals surface area (Å²) in [4.78, 5) is 36.2. The molecule has 0 bridgehead atoms. The molecule has 0 aromatic heterocycles. The van der Waals surface area contributed by atoms with E-state index >= 15 is 0 Å². The van der Waals surface area contributed by atoms with Gasteiger partial charge in [0.2, 0.25) is 0 Å². The Labute approximate surface area is 294 Å². The zero-order chi connectivity index (χ0) is 35.4. The van der Waals surface area contributed by atoms with Crippen LogP contribution in [0.3, 0.4) is 0 Å². The minimum Gasteiger partial charge on any atom is -0.465 e. The monoisotopic (exact) mass is 718 g/mol. The topological polar surface area (TPSA) is 153 Å². The van der Waals surface area contributed by atoms with Crippen molar-refractivity contribution in [2.45, 2.75) is 106 Å². The van der Waals surface area contributed by atoms with E-state index in [1.54, 1.807) is 6.92 Å². The van der Waals surface area contributed by atoms with Crippen molar-refractivity contribution in [3.8, 4) is 0 Å². The predicted octanol–water partition coefficient (Wildman–Crippen LogP) is 3.40. The van der Waals surface area contributed by atoms with E-state index in [1.807, 2.05) is 60.7 Å². The third-order valence-corrected chi connectivity index (χ3v) is 9.94. The molecular weight excluding hydrogens is 676 g/mol. The van der Waals surface area contributed by atoms with Gasteiger partial charge in [-0.3, -0.25) is 14.4 Å². The Morgan fingerprint density at radius 3 is 2.16 bits per heavy atom. The third kappa shape index (κ3) is 8.49. The van der Waals surface area contributed by atoms with E-state index in [2.05, 4.69) is 0 Å². The second kappa shape index (κ2) is 16.0. The first kappa shape index (κ1) is 36.7. The first-order valence-corrected chi connectivity index (χ1v) is 17.3. The highest BCUT2D eigenvalue weighted by molar-refractivity contribution is 8.00. The lowest BCUT2D eigenvalue weighted by Crippen LogP contribution is -2.64. The van der Waals surface area contributed by atoms with E-state index < -0.39 is 89.9 Å². The Kier molecular flexibility index (Phi) is 11.8. The van der Waals surface area contributed by atoms with Gasteiger partial charge in [-0.05, 0) is 5.56 Å². The zero-order valence-electron chi connectivity index (χ0n) is 28.4. The number of esters is 3. The molecule has 12 atom stereocenters. The fourth-order valence-electron chi connectivity index (χ4n) is 6.48. The van der Waals surface area contributed by atoms with Crippen molar-refractivity contribution in [3.63, 3.8) is 0 Å². The maximum Gasteiger partial charge on any atom is 0.303 e. The van der Waals surface area contributed by atoms with Gasteiger partial charge in [0.05, 0.1) is 18.5 Å². The Balaban J connectivity index is 1.28. The summed E-state index contributed by atoms with van der Waals surface area (Å²) in [5.41, 5.74) is 0.966. The maximum absolute atomic E-state index is 12.3. The molecule has 0 radical (unpaired) electrons. The maximum atomic E-state index is 12.3. The van der Waals surface area contributed by atoms with Gasteiger partial charge < -0.3 is 52.1 Å². The van der Waals surface area contributed by atoms with Crippen LogP contribution in [-0.2, 0) is 73.1 Å². The third-order valence-electron chi connectivity index (χ3n) is 8.55. The lowest BCUT2D eigenvalue weighted by molar-refractivity contribution is -0.420. The van der Waals surface area contributed by atoms with Gasteiger partial charge in [-0.25, -0.2) is 0 Å². The van der Waals surface area contributed by atoms with Crippen molar-refractivity contribution in [1.82, 2.24) is 0 Å². The van der Waals surface area contributed by atoms with Crippen LogP contribution in [0.1, 0.15) is 45.1 Å². The first-order valence-electron chi connectivity index (χ1n) is 16.4. The van der Waals surface area contributed by atoms with E-state index in [0.717, 1.165) is 11.1 Å². The van der Waals surface area contributed by atoms with Crippen LogP contribution in [0.15, 0.2) is 60.7 Å². The Hall–Kier alpha value is -3.12. The highest BCUT2D eigenvalue weighted by Crippen LogP contribution is 2.48. The molecule has 50 heavy (non-hydrogen) atoms. The molecule has 14 nitrogen and oxygen atoms in total. The number of carbonyl (C=O) groups excluding carboxylic acids is 3. The fraction of sp³-hybridized carbons (Fsp3) is 0.571. The molecule has 0 spiro atoms. The summed E-state index contributed by atoms with van der Waals surface area (Å²) in [6.07, 6.45) is -7.70. The Bertz CT molecular complexity index is 1460. The van der Waals surface area contributed by atoms with Gasteiger partial charge in [0.25, 0.3) is 5.97 Å². The number of carbonyl (C=O) groups is 3.